The van der Waals surface area contributed by atoms with Crippen LogP contribution in [0, 0.1) is 12.7 Å². The predicted octanol–water partition coefficient (Wildman–Crippen LogP) is 1.50. The van der Waals surface area contributed by atoms with Crippen LogP contribution < -0.4 is 5.32 Å². The third-order valence-electron chi connectivity index (χ3n) is 2.38. The van der Waals surface area contributed by atoms with E-state index in [1.54, 1.807) is 6.07 Å². The molecule has 0 heterocycles. The minimum atomic E-state index is -3.88. The molecule has 2 N–H and O–H groups in total. The van der Waals surface area contributed by atoms with Gasteiger partial charge in [0.25, 0.3) is 10.1 Å². The molecule has 0 atom stereocenters. The van der Waals surface area contributed by atoms with Crippen LogP contribution in [0.5, 0.6) is 0 Å². The summed E-state index contributed by atoms with van der Waals surface area (Å²) in [6, 6.07) is 4.55. The second-order valence-electron chi connectivity index (χ2n) is 3.89. The number of aryl methyl sites for hydroxylation is 1. The van der Waals surface area contributed by atoms with Gasteiger partial charge in [0.1, 0.15) is 5.82 Å². The van der Waals surface area contributed by atoms with Gasteiger partial charge in [0.05, 0.1) is 5.75 Å². The van der Waals surface area contributed by atoms with Gasteiger partial charge in [-0.2, -0.15) is 8.42 Å². The molecule has 0 radical (unpaired) electrons. The maximum absolute atomic E-state index is 12.9. The summed E-state index contributed by atoms with van der Waals surface area (Å²) >= 11 is 0. The van der Waals surface area contributed by atoms with Gasteiger partial charge in [-0.05, 0) is 43.1 Å². The van der Waals surface area contributed by atoms with Crippen LogP contribution in [0.1, 0.15) is 17.5 Å². The van der Waals surface area contributed by atoms with Gasteiger partial charge < -0.3 is 5.32 Å². The van der Waals surface area contributed by atoms with Gasteiger partial charge in [0, 0.05) is 6.54 Å². The first kappa shape index (κ1) is 14.1. The molecule has 0 spiro atoms. The third kappa shape index (κ3) is 5.76. The Hall–Kier alpha value is -0.980. The van der Waals surface area contributed by atoms with Gasteiger partial charge >= 0.3 is 0 Å². The molecule has 0 amide bonds. The van der Waals surface area contributed by atoms with Crippen LogP contribution in [-0.4, -0.2) is 25.3 Å². The lowest BCUT2D eigenvalue weighted by molar-refractivity contribution is 0.479. The summed E-state index contributed by atoms with van der Waals surface area (Å²) in [7, 11) is -3.88. The summed E-state index contributed by atoms with van der Waals surface area (Å²) in [5, 5.41) is 3.00. The van der Waals surface area contributed by atoms with Gasteiger partial charge in [-0.25, -0.2) is 4.39 Å². The Balaban J connectivity index is 2.34. The molecule has 0 saturated heterocycles. The van der Waals surface area contributed by atoms with E-state index in [0.717, 1.165) is 11.1 Å². The van der Waals surface area contributed by atoms with Gasteiger partial charge in [-0.15, -0.1) is 0 Å². The predicted molar refractivity (Wildman–Crippen MR) is 63.9 cm³/mol. The first-order chi connectivity index (χ1) is 7.88. The fraction of sp³-hybridized carbons (Fsp3) is 0.455. The highest BCUT2D eigenvalue weighted by atomic mass is 32.2. The van der Waals surface area contributed by atoms with Crippen molar-refractivity contribution in [3.8, 4) is 0 Å². The van der Waals surface area contributed by atoms with Crippen molar-refractivity contribution in [2.75, 3.05) is 12.3 Å². The molecule has 1 aromatic rings. The highest BCUT2D eigenvalue weighted by Crippen LogP contribution is 2.09. The average Bonchev–Trinajstić information content (AvgIpc) is 2.21. The Morgan fingerprint density at radius 3 is 2.76 bits per heavy atom. The van der Waals surface area contributed by atoms with E-state index in [1.165, 1.54) is 12.1 Å². The first-order valence-electron chi connectivity index (χ1n) is 5.29. The zero-order valence-corrected chi connectivity index (χ0v) is 10.4. The van der Waals surface area contributed by atoms with Crippen molar-refractivity contribution in [3.05, 3.63) is 35.1 Å². The van der Waals surface area contributed by atoms with E-state index in [1.807, 2.05) is 6.92 Å². The molecular weight excluding hydrogens is 245 g/mol. The summed E-state index contributed by atoms with van der Waals surface area (Å²) in [5.41, 5.74) is 1.82. The Labute approximate surface area is 101 Å². The molecule has 0 unspecified atom stereocenters. The Kier molecular flexibility index (Phi) is 5.04. The van der Waals surface area contributed by atoms with Gasteiger partial charge in [0.2, 0.25) is 0 Å². The molecule has 1 aromatic carbocycles. The van der Waals surface area contributed by atoms with Crippen LogP contribution >= 0.6 is 0 Å². The molecule has 4 nitrogen and oxygen atoms in total. The van der Waals surface area contributed by atoms with Crippen molar-refractivity contribution in [1.82, 2.24) is 5.32 Å². The highest BCUT2D eigenvalue weighted by molar-refractivity contribution is 7.85. The monoisotopic (exact) mass is 261 g/mol. The normalized spacial score (nSPS) is 11.7. The highest BCUT2D eigenvalue weighted by Gasteiger charge is 2.04. The summed E-state index contributed by atoms with van der Waals surface area (Å²) in [5.74, 6) is -0.548. The topological polar surface area (TPSA) is 66.4 Å². The lowest BCUT2D eigenvalue weighted by Crippen LogP contribution is -2.18. The largest absolute Gasteiger partial charge is 0.313 e. The van der Waals surface area contributed by atoms with Crippen molar-refractivity contribution in [2.45, 2.75) is 19.9 Å². The fourth-order valence-corrected chi connectivity index (χ4v) is 1.94. The number of benzene rings is 1. The lowest BCUT2D eigenvalue weighted by atomic mass is 10.1. The van der Waals surface area contributed by atoms with E-state index in [9.17, 15) is 12.8 Å². The second-order valence-corrected chi connectivity index (χ2v) is 5.46. The maximum Gasteiger partial charge on any atom is 0.264 e. The zero-order valence-electron chi connectivity index (χ0n) is 9.61. The minimum Gasteiger partial charge on any atom is -0.313 e. The van der Waals surface area contributed by atoms with E-state index < -0.39 is 10.1 Å². The van der Waals surface area contributed by atoms with Crippen molar-refractivity contribution in [3.63, 3.8) is 0 Å². The summed E-state index contributed by atoms with van der Waals surface area (Å²) in [6.45, 7) is 2.82. The van der Waals surface area contributed by atoms with Gasteiger partial charge in [-0.1, -0.05) is 6.07 Å². The summed E-state index contributed by atoms with van der Waals surface area (Å²) in [6.07, 6.45) is 0.327. The smallest absolute Gasteiger partial charge is 0.264 e. The summed E-state index contributed by atoms with van der Waals surface area (Å²) in [4.78, 5) is 0. The molecule has 0 aliphatic heterocycles. The zero-order chi connectivity index (χ0) is 12.9. The van der Waals surface area contributed by atoms with Crippen LogP contribution in [0.4, 0.5) is 4.39 Å². The third-order valence-corrected chi connectivity index (χ3v) is 3.19. The number of rotatable bonds is 6. The molecule has 96 valence electrons. The van der Waals surface area contributed by atoms with Crippen LogP contribution in [0.15, 0.2) is 18.2 Å². The van der Waals surface area contributed by atoms with E-state index in [2.05, 4.69) is 5.32 Å². The molecule has 1 rings (SSSR count). The van der Waals surface area contributed by atoms with Crippen molar-refractivity contribution in [1.29, 1.82) is 0 Å². The standard InChI is InChI=1S/C11H16FNO3S/c1-9-3-4-11(12)7-10(9)8-13-5-2-6-17(14,15)16/h3-4,7,13H,2,5-6,8H2,1H3,(H,14,15,16). The lowest BCUT2D eigenvalue weighted by Gasteiger charge is -2.07. The van der Waals surface area contributed by atoms with Gasteiger partial charge in [0.15, 0.2) is 0 Å². The Bertz CT molecular complexity index is 474. The van der Waals surface area contributed by atoms with Crippen LogP contribution in [0.3, 0.4) is 0 Å². The Morgan fingerprint density at radius 2 is 2.12 bits per heavy atom. The van der Waals surface area contributed by atoms with Crippen LogP contribution in [0.25, 0.3) is 0 Å². The van der Waals surface area contributed by atoms with Crippen LogP contribution in [0.2, 0.25) is 0 Å². The molecule has 0 fully saturated rings. The molecule has 0 aliphatic rings. The molecular formula is C11H16FNO3S. The molecule has 0 aromatic heterocycles. The number of hydrogen-bond donors (Lipinski definition) is 2. The molecule has 17 heavy (non-hydrogen) atoms. The number of nitrogens with one attached hydrogen (secondary N) is 1. The minimum absolute atomic E-state index is 0.262. The maximum atomic E-state index is 12.9. The van der Waals surface area contributed by atoms with Crippen molar-refractivity contribution >= 4 is 10.1 Å². The van der Waals surface area contributed by atoms with E-state index in [4.69, 9.17) is 4.55 Å². The second kappa shape index (κ2) is 6.09. The summed E-state index contributed by atoms with van der Waals surface area (Å²) < 4.78 is 42.3. The molecule has 6 heteroatoms. The van der Waals surface area contributed by atoms with E-state index >= 15 is 0 Å². The Morgan fingerprint density at radius 1 is 1.41 bits per heavy atom. The van der Waals surface area contributed by atoms with E-state index in [0.29, 0.717) is 19.5 Å². The quantitative estimate of drug-likeness (QED) is 0.601. The number of hydrogen-bond acceptors (Lipinski definition) is 3. The average molecular weight is 261 g/mol. The molecule has 0 bridgehead atoms. The number of halogens is 1. The van der Waals surface area contributed by atoms with Gasteiger partial charge in [-0.3, -0.25) is 4.55 Å². The van der Waals surface area contributed by atoms with Crippen LogP contribution in [-0.2, 0) is 16.7 Å². The SMILES string of the molecule is Cc1ccc(F)cc1CNCCCS(=O)(=O)O. The van der Waals surface area contributed by atoms with Crippen molar-refractivity contribution in [2.24, 2.45) is 0 Å². The van der Waals surface area contributed by atoms with Crippen molar-refractivity contribution < 1.29 is 17.4 Å². The van der Waals surface area contributed by atoms with E-state index in [-0.39, 0.29) is 11.6 Å². The fourth-order valence-electron chi connectivity index (χ4n) is 1.43. The molecule has 0 aliphatic carbocycles. The molecule has 0 saturated carbocycles. The first-order valence-corrected chi connectivity index (χ1v) is 6.90.